The van der Waals surface area contributed by atoms with Gasteiger partial charge in [-0.3, -0.25) is 9.59 Å². The summed E-state index contributed by atoms with van der Waals surface area (Å²) in [6.45, 7) is 8.65. The number of aliphatic hydroxyl groups excluding tert-OH is 2. The monoisotopic (exact) mass is 572 g/mol. The molecule has 0 saturated carbocycles. The van der Waals surface area contributed by atoms with Gasteiger partial charge in [0.15, 0.2) is 0 Å². The molecule has 0 heterocycles. The fourth-order valence-electron chi connectivity index (χ4n) is 3.81. The van der Waals surface area contributed by atoms with Crippen molar-refractivity contribution in [2.45, 2.75) is 65.2 Å². The van der Waals surface area contributed by atoms with Gasteiger partial charge in [-0.2, -0.15) is 0 Å². The molecule has 0 bridgehead atoms. The molecule has 1 aliphatic rings. The van der Waals surface area contributed by atoms with E-state index in [1.54, 1.807) is 11.0 Å². The minimum atomic E-state index is -0.987. The molecule has 1 aromatic rings. The highest BCUT2D eigenvalue weighted by molar-refractivity contribution is 14.1. The number of benzene rings is 1. The zero-order valence-corrected chi connectivity index (χ0v) is 22.1. The van der Waals surface area contributed by atoms with Gasteiger partial charge < -0.3 is 25.2 Å². The maximum absolute atomic E-state index is 13.2. The number of ether oxygens (including phenoxy) is 1. The number of hydrogen-bond acceptors (Lipinski definition) is 5. The molecule has 184 valence electrons. The number of aliphatic hydroxyl groups is 2. The number of halogens is 1. The first-order valence-corrected chi connectivity index (χ1v) is 12.7. The molecule has 8 heteroatoms. The topological polar surface area (TPSA) is 99.1 Å². The third-order valence-corrected chi connectivity index (χ3v) is 6.46. The van der Waals surface area contributed by atoms with Crippen LogP contribution >= 0.6 is 22.6 Å². The van der Waals surface area contributed by atoms with Crippen LogP contribution in [0.3, 0.4) is 0 Å². The Bertz CT molecular complexity index is 827. The first-order valence-electron chi connectivity index (χ1n) is 11.6. The van der Waals surface area contributed by atoms with Gasteiger partial charge in [0.25, 0.3) is 0 Å². The number of hydrogen-bond donors (Lipinski definition) is 3. The normalized spacial score (nSPS) is 20.5. The zero-order valence-electron chi connectivity index (χ0n) is 20.0. The SMILES string of the molecule is CC(C)CCN(C(=O)CC(C)C)[C@@H]1CC(C(=O)NCCO)=C[C@H](Oc2ccccc2I)[C@H]1O. The van der Waals surface area contributed by atoms with Gasteiger partial charge in [0.05, 0.1) is 16.2 Å². The summed E-state index contributed by atoms with van der Waals surface area (Å²) in [5, 5.41) is 23.1. The summed E-state index contributed by atoms with van der Waals surface area (Å²) in [4.78, 5) is 27.7. The van der Waals surface area contributed by atoms with Crippen LogP contribution in [0.5, 0.6) is 5.75 Å². The first-order chi connectivity index (χ1) is 15.6. The van der Waals surface area contributed by atoms with E-state index in [1.807, 2.05) is 38.1 Å². The van der Waals surface area contributed by atoms with Gasteiger partial charge in [0, 0.05) is 31.5 Å². The lowest BCUT2D eigenvalue weighted by Crippen LogP contribution is -2.55. The molecule has 7 nitrogen and oxygen atoms in total. The largest absolute Gasteiger partial charge is 0.482 e. The number of carbonyl (C=O) groups is 2. The van der Waals surface area contributed by atoms with Gasteiger partial charge in [0.1, 0.15) is 18.0 Å². The molecule has 1 aliphatic carbocycles. The Labute approximate surface area is 210 Å². The summed E-state index contributed by atoms with van der Waals surface area (Å²) in [7, 11) is 0. The average molecular weight is 572 g/mol. The molecule has 0 spiro atoms. The van der Waals surface area contributed by atoms with Gasteiger partial charge in [-0.1, -0.05) is 39.8 Å². The maximum atomic E-state index is 13.2. The van der Waals surface area contributed by atoms with E-state index in [2.05, 4.69) is 41.8 Å². The Balaban J connectivity index is 2.39. The van der Waals surface area contributed by atoms with E-state index in [4.69, 9.17) is 9.84 Å². The van der Waals surface area contributed by atoms with Crippen molar-refractivity contribution < 1.29 is 24.5 Å². The fraction of sp³-hybridized carbons (Fsp3) is 0.600. The van der Waals surface area contributed by atoms with Crippen LogP contribution in [0.1, 0.15) is 47.0 Å². The van der Waals surface area contributed by atoms with Gasteiger partial charge in [-0.05, 0) is 59.1 Å². The zero-order chi connectivity index (χ0) is 24.5. The van der Waals surface area contributed by atoms with E-state index < -0.39 is 18.2 Å². The Morgan fingerprint density at radius 1 is 1.21 bits per heavy atom. The summed E-state index contributed by atoms with van der Waals surface area (Å²) in [6, 6.07) is 6.89. The van der Waals surface area contributed by atoms with Gasteiger partial charge >= 0.3 is 0 Å². The molecule has 0 aromatic heterocycles. The van der Waals surface area contributed by atoms with Crippen LogP contribution in [0.4, 0.5) is 0 Å². The average Bonchev–Trinajstić information content (AvgIpc) is 2.75. The van der Waals surface area contributed by atoms with Crippen LogP contribution < -0.4 is 10.1 Å². The van der Waals surface area contributed by atoms with Crippen LogP contribution in [-0.2, 0) is 9.59 Å². The summed E-state index contributed by atoms with van der Waals surface area (Å²) < 4.78 is 7.03. The summed E-state index contributed by atoms with van der Waals surface area (Å²) in [5.74, 6) is 0.829. The standard InChI is InChI=1S/C25H37IN2O5/c1-16(2)9-11-28(23(30)13-17(3)4)20-14-18(25(32)27-10-12-29)15-22(24(20)31)33-21-8-6-5-7-19(21)26/h5-8,15-17,20,22,24,29,31H,9-14H2,1-4H3,(H,27,32)/t20-,22+,24+/m1/s1. The molecule has 2 rings (SSSR count). The number of nitrogens with zero attached hydrogens (tertiary/aromatic N) is 1. The lowest BCUT2D eigenvalue weighted by Gasteiger charge is -2.41. The molecule has 2 amide bonds. The second-order valence-corrected chi connectivity index (χ2v) is 10.5. The molecule has 0 aliphatic heterocycles. The van der Waals surface area contributed by atoms with E-state index in [0.717, 1.165) is 9.99 Å². The van der Waals surface area contributed by atoms with Crippen LogP contribution in [0.15, 0.2) is 35.9 Å². The number of amides is 2. The maximum Gasteiger partial charge on any atom is 0.247 e. The van der Waals surface area contributed by atoms with Gasteiger partial charge in [0.2, 0.25) is 11.8 Å². The minimum Gasteiger partial charge on any atom is -0.482 e. The van der Waals surface area contributed by atoms with Gasteiger partial charge in [-0.25, -0.2) is 0 Å². The molecule has 0 unspecified atom stereocenters. The fourth-order valence-corrected chi connectivity index (χ4v) is 4.32. The molecular formula is C25H37IN2O5. The van der Waals surface area contributed by atoms with Crippen molar-refractivity contribution in [3.05, 3.63) is 39.5 Å². The van der Waals surface area contributed by atoms with E-state index in [1.165, 1.54) is 0 Å². The summed E-state index contributed by atoms with van der Waals surface area (Å²) >= 11 is 2.16. The highest BCUT2D eigenvalue weighted by atomic mass is 127. The van der Waals surface area contributed by atoms with Crippen molar-refractivity contribution in [2.24, 2.45) is 11.8 Å². The Hall–Kier alpha value is -1.65. The molecule has 0 radical (unpaired) electrons. The highest BCUT2D eigenvalue weighted by Crippen LogP contribution is 2.30. The van der Waals surface area contributed by atoms with Crippen molar-refractivity contribution >= 4 is 34.4 Å². The molecule has 33 heavy (non-hydrogen) atoms. The molecule has 3 atom stereocenters. The lowest BCUT2D eigenvalue weighted by atomic mass is 9.87. The first kappa shape index (κ1) is 27.6. The smallest absolute Gasteiger partial charge is 0.247 e. The third-order valence-electron chi connectivity index (χ3n) is 5.56. The van der Waals surface area contributed by atoms with Crippen LogP contribution in [0, 0.1) is 15.4 Å². The molecule has 0 fully saturated rings. The van der Waals surface area contributed by atoms with Crippen molar-refractivity contribution in [3.63, 3.8) is 0 Å². The van der Waals surface area contributed by atoms with Crippen molar-refractivity contribution in [3.8, 4) is 5.75 Å². The summed E-state index contributed by atoms with van der Waals surface area (Å²) in [5.41, 5.74) is 0.446. The quantitative estimate of drug-likeness (QED) is 0.354. The second kappa shape index (κ2) is 13.3. The predicted molar refractivity (Wildman–Crippen MR) is 137 cm³/mol. The second-order valence-electron chi connectivity index (χ2n) is 9.31. The van der Waals surface area contributed by atoms with Crippen molar-refractivity contribution in [2.75, 3.05) is 19.7 Å². The van der Waals surface area contributed by atoms with E-state index >= 15 is 0 Å². The van der Waals surface area contributed by atoms with Crippen LogP contribution in [0.2, 0.25) is 0 Å². The Kier molecular flexibility index (Phi) is 11.1. The number of para-hydroxylation sites is 1. The van der Waals surface area contributed by atoms with Crippen LogP contribution in [0.25, 0.3) is 0 Å². The van der Waals surface area contributed by atoms with E-state index in [0.29, 0.717) is 30.2 Å². The van der Waals surface area contributed by atoms with Crippen molar-refractivity contribution in [1.82, 2.24) is 10.2 Å². The third kappa shape index (κ3) is 8.26. The number of carbonyl (C=O) groups excluding carboxylic acids is 2. The molecule has 3 N–H and O–H groups in total. The van der Waals surface area contributed by atoms with Gasteiger partial charge in [-0.15, -0.1) is 0 Å². The summed E-state index contributed by atoms with van der Waals surface area (Å²) in [6.07, 6.45) is 1.27. The van der Waals surface area contributed by atoms with Crippen LogP contribution in [-0.4, -0.2) is 64.9 Å². The molecule has 1 aromatic carbocycles. The number of nitrogens with one attached hydrogen (secondary N) is 1. The molecule has 0 saturated heterocycles. The molecular weight excluding hydrogens is 535 g/mol. The van der Waals surface area contributed by atoms with E-state index in [-0.39, 0.29) is 37.3 Å². The lowest BCUT2D eigenvalue weighted by molar-refractivity contribution is -0.139. The number of rotatable bonds is 11. The predicted octanol–water partition coefficient (Wildman–Crippen LogP) is 3.13. The Morgan fingerprint density at radius 2 is 1.91 bits per heavy atom. The Morgan fingerprint density at radius 3 is 2.52 bits per heavy atom. The van der Waals surface area contributed by atoms with E-state index in [9.17, 15) is 14.7 Å². The van der Waals surface area contributed by atoms with Crippen molar-refractivity contribution in [1.29, 1.82) is 0 Å². The highest BCUT2D eigenvalue weighted by Gasteiger charge is 2.40. The minimum absolute atomic E-state index is 0.0280.